The zero-order chi connectivity index (χ0) is 7.28. The first-order chi connectivity index (χ1) is 4.20. The quantitative estimate of drug-likeness (QED) is 0.423. The first-order valence-corrected chi connectivity index (χ1v) is 3.20. The molecule has 0 aliphatic heterocycles. The van der Waals surface area contributed by atoms with Gasteiger partial charge >= 0.3 is 0 Å². The Labute approximate surface area is 55.9 Å². The summed E-state index contributed by atoms with van der Waals surface area (Å²) in [4.78, 5) is 9.86. The summed E-state index contributed by atoms with van der Waals surface area (Å²) >= 11 is 0. The number of allylic oxidation sites excluding steroid dienone is 1. The number of rotatable bonds is 3. The molecule has 0 aromatic carbocycles. The summed E-state index contributed by atoms with van der Waals surface area (Å²) in [6.07, 6.45) is 2.88. The zero-order valence-electron chi connectivity index (χ0n) is 6.22. The molecule has 0 radical (unpaired) electrons. The van der Waals surface area contributed by atoms with E-state index in [1.54, 1.807) is 6.92 Å². The summed E-state index contributed by atoms with van der Waals surface area (Å²) in [5.74, 6) is 0. The van der Waals surface area contributed by atoms with Crippen molar-refractivity contribution in [2.75, 3.05) is 0 Å². The maximum Gasteiger partial charge on any atom is 0.107 e. The summed E-state index contributed by atoms with van der Waals surface area (Å²) in [5.41, 5.74) is 1.22. The van der Waals surface area contributed by atoms with Gasteiger partial charge in [-0.3, -0.25) is 0 Å². The molecular formula is C7H13NO. The van der Waals surface area contributed by atoms with Gasteiger partial charge in [-0.1, -0.05) is 23.7 Å². The monoisotopic (exact) mass is 127 g/mol. The van der Waals surface area contributed by atoms with Crippen LogP contribution in [0, 0.1) is 4.91 Å². The van der Waals surface area contributed by atoms with Crippen LogP contribution < -0.4 is 0 Å². The first-order valence-electron chi connectivity index (χ1n) is 3.20. The van der Waals surface area contributed by atoms with Crippen molar-refractivity contribution >= 4 is 0 Å². The maximum absolute atomic E-state index is 9.86. The number of nitroso groups, excluding NO2 is 1. The van der Waals surface area contributed by atoms with Crippen LogP contribution in [0.1, 0.15) is 27.2 Å². The Morgan fingerprint density at radius 3 is 2.67 bits per heavy atom. The molecule has 2 nitrogen and oxygen atoms in total. The summed E-state index contributed by atoms with van der Waals surface area (Å²) < 4.78 is 0. The molecule has 0 saturated carbocycles. The molecule has 0 aliphatic carbocycles. The predicted octanol–water partition coefficient (Wildman–Crippen LogP) is 2.50. The van der Waals surface area contributed by atoms with Crippen molar-refractivity contribution < 1.29 is 0 Å². The van der Waals surface area contributed by atoms with E-state index in [9.17, 15) is 4.91 Å². The summed E-state index contributed by atoms with van der Waals surface area (Å²) in [6.45, 7) is 5.84. The van der Waals surface area contributed by atoms with E-state index in [0.29, 0.717) is 0 Å². The minimum absolute atomic E-state index is 0.162. The highest BCUT2D eigenvalue weighted by Crippen LogP contribution is 2.01. The van der Waals surface area contributed by atoms with Gasteiger partial charge in [-0.25, -0.2) is 0 Å². The molecule has 0 aromatic heterocycles. The van der Waals surface area contributed by atoms with Gasteiger partial charge in [0.05, 0.1) is 0 Å². The molecule has 0 saturated heterocycles. The predicted molar refractivity (Wildman–Crippen MR) is 39.3 cm³/mol. The summed E-state index contributed by atoms with van der Waals surface area (Å²) in [6, 6.07) is -0.162. The smallest absolute Gasteiger partial charge is 0.107 e. The molecule has 1 unspecified atom stereocenters. The molecule has 52 valence electrons. The van der Waals surface area contributed by atoms with Crippen molar-refractivity contribution in [2.24, 2.45) is 5.18 Å². The van der Waals surface area contributed by atoms with E-state index in [1.165, 1.54) is 5.57 Å². The zero-order valence-corrected chi connectivity index (χ0v) is 6.22. The van der Waals surface area contributed by atoms with E-state index in [2.05, 4.69) is 12.1 Å². The van der Waals surface area contributed by atoms with Crippen molar-refractivity contribution in [1.82, 2.24) is 0 Å². The lowest BCUT2D eigenvalue weighted by molar-refractivity contribution is 0.892. The Hall–Kier alpha value is -0.660. The normalized spacial score (nSPS) is 15.2. The van der Waals surface area contributed by atoms with E-state index in [1.807, 2.05) is 13.0 Å². The van der Waals surface area contributed by atoms with Crippen LogP contribution in [0.25, 0.3) is 0 Å². The van der Waals surface area contributed by atoms with Crippen LogP contribution in [-0.2, 0) is 0 Å². The Bertz CT molecular complexity index is 118. The molecule has 9 heavy (non-hydrogen) atoms. The van der Waals surface area contributed by atoms with Gasteiger partial charge in [0.25, 0.3) is 0 Å². The number of hydrogen-bond donors (Lipinski definition) is 0. The summed E-state index contributed by atoms with van der Waals surface area (Å²) in [7, 11) is 0. The Morgan fingerprint density at radius 2 is 2.33 bits per heavy atom. The van der Waals surface area contributed by atoms with E-state index >= 15 is 0 Å². The standard InChI is InChI=1S/C7H13NO/c1-4-6(2)5-7(3)8-9/h5,7H,4H2,1-3H3. The fourth-order valence-electron chi connectivity index (χ4n) is 0.560. The average Bonchev–Trinajstić information content (AvgIpc) is 1.87. The molecular weight excluding hydrogens is 114 g/mol. The first kappa shape index (κ1) is 8.34. The van der Waals surface area contributed by atoms with Gasteiger partial charge in [0.1, 0.15) is 6.04 Å². The molecule has 0 amide bonds. The Balaban J connectivity index is 3.78. The third-order valence-corrected chi connectivity index (χ3v) is 1.25. The van der Waals surface area contributed by atoms with Gasteiger partial charge < -0.3 is 0 Å². The van der Waals surface area contributed by atoms with Gasteiger partial charge in [0.15, 0.2) is 0 Å². The van der Waals surface area contributed by atoms with E-state index < -0.39 is 0 Å². The maximum atomic E-state index is 9.86. The molecule has 0 fully saturated rings. The second-order valence-corrected chi connectivity index (χ2v) is 2.21. The minimum Gasteiger partial charge on any atom is -0.150 e. The molecule has 0 heterocycles. The second kappa shape index (κ2) is 4.24. The molecule has 0 spiro atoms. The highest BCUT2D eigenvalue weighted by Gasteiger charge is 1.93. The van der Waals surface area contributed by atoms with Crippen molar-refractivity contribution in [1.29, 1.82) is 0 Å². The average molecular weight is 127 g/mol. The topological polar surface area (TPSA) is 29.4 Å². The van der Waals surface area contributed by atoms with Crippen LogP contribution in [0.2, 0.25) is 0 Å². The van der Waals surface area contributed by atoms with E-state index in [-0.39, 0.29) is 6.04 Å². The van der Waals surface area contributed by atoms with Crippen molar-refractivity contribution in [2.45, 2.75) is 33.2 Å². The molecule has 0 aliphatic rings. The Kier molecular flexibility index (Phi) is 3.93. The molecule has 0 rings (SSSR count). The van der Waals surface area contributed by atoms with E-state index in [0.717, 1.165) is 6.42 Å². The molecule has 0 N–H and O–H groups in total. The van der Waals surface area contributed by atoms with Crippen LogP contribution in [0.5, 0.6) is 0 Å². The fraction of sp³-hybridized carbons (Fsp3) is 0.714. The highest BCUT2D eigenvalue weighted by molar-refractivity contribution is 5.01. The molecule has 1 atom stereocenters. The van der Waals surface area contributed by atoms with E-state index in [4.69, 9.17) is 0 Å². The lowest BCUT2D eigenvalue weighted by atomic mass is 10.2. The molecule has 0 aromatic rings. The van der Waals surface area contributed by atoms with Gasteiger partial charge in [0.2, 0.25) is 0 Å². The SMILES string of the molecule is CCC(C)=CC(C)N=O. The summed E-state index contributed by atoms with van der Waals surface area (Å²) in [5, 5.41) is 2.85. The van der Waals surface area contributed by atoms with Crippen LogP contribution in [0.4, 0.5) is 0 Å². The van der Waals surface area contributed by atoms with Crippen molar-refractivity contribution in [3.8, 4) is 0 Å². The third kappa shape index (κ3) is 3.88. The lowest BCUT2D eigenvalue weighted by Crippen LogP contribution is -1.90. The van der Waals surface area contributed by atoms with Gasteiger partial charge in [-0.15, -0.1) is 0 Å². The Morgan fingerprint density at radius 1 is 1.78 bits per heavy atom. The number of hydrogen-bond acceptors (Lipinski definition) is 2. The van der Waals surface area contributed by atoms with Crippen molar-refractivity contribution in [3.05, 3.63) is 16.6 Å². The van der Waals surface area contributed by atoms with Gasteiger partial charge in [-0.05, 0) is 20.3 Å². The lowest BCUT2D eigenvalue weighted by Gasteiger charge is -1.95. The van der Waals surface area contributed by atoms with Gasteiger partial charge in [-0.2, -0.15) is 4.91 Å². The fourth-order valence-corrected chi connectivity index (χ4v) is 0.560. The largest absolute Gasteiger partial charge is 0.150 e. The molecule has 2 heteroatoms. The number of nitrogens with zero attached hydrogens (tertiary/aromatic N) is 1. The van der Waals surface area contributed by atoms with Crippen LogP contribution in [-0.4, -0.2) is 6.04 Å². The highest BCUT2D eigenvalue weighted by atomic mass is 16.3. The third-order valence-electron chi connectivity index (χ3n) is 1.25. The van der Waals surface area contributed by atoms with Crippen molar-refractivity contribution in [3.63, 3.8) is 0 Å². The van der Waals surface area contributed by atoms with Gasteiger partial charge in [0, 0.05) is 0 Å². The van der Waals surface area contributed by atoms with Crippen LogP contribution in [0.15, 0.2) is 16.8 Å². The van der Waals surface area contributed by atoms with Crippen LogP contribution >= 0.6 is 0 Å². The minimum atomic E-state index is -0.162. The van der Waals surface area contributed by atoms with Crippen LogP contribution in [0.3, 0.4) is 0 Å². The molecule has 0 bridgehead atoms. The second-order valence-electron chi connectivity index (χ2n) is 2.21.